The molecule has 0 bridgehead atoms. The number of aromatic nitrogens is 4. The average molecular weight is 395 g/mol. The van der Waals surface area contributed by atoms with Crippen LogP contribution in [0.5, 0.6) is 11.6 Å². The Morgan fingerprint density at radius 3 is 2.86 bits per heavy atom. The number of ether oxygens (including phenoxy) is 2. The largest absolute Gasteiger partial charge is 0.484 e. The Bertz CT molecular complexity index is 1010. The predicted molar refractivity (Wildman–Crippen MR) is 107 cm³/mol. The number of anilines is 1. The molecule has 0 saturated heterocycles. The molecule has 3 aromatic heterocycles. The number of fused-ring (bicyclic) bond motifs is 1. The van der Waals surface area contributed by atoms with Gasteiger partial charge in [0.25, 0.3) is 5.88 Å². The van der Waals surface area contributed by atoms with Crippen LogP contribution in [0, 0.1) is 12.9 Å². The zero-order chi connectivity index (χ0) is 20.2. The minimum atomic E-state index is -0.470. The second kappa shape index (κ2) is 8.38. The predicted octanol–water partition coefficient (Wildman–Crippen LogP) is 3.76. The summed E-state index contributed by atoms with van der Waals surface area (Å²) in [5.74, 6) is 1.81. The highest BCUT2D eigenvalue weighted by Crippen LogP contribution is 2.36. The first kappa shape index (κ1) is 19.0. The monoisotopic (exact) mass is 395 g/mol. The van der Waals surface area contributed by atoms with Crippen molar-refractivity contribution in [3.05, 3.63) is 54.0 Å². The molecule has 7 nitrogen and oxygen atoms in total. The van der Waals surface area contributed by atoms with Gasteiger partial charge in [-0.05, 0) is 31.4 Å². The standard InChI is InChI=1S/C21H22FN5O2/c1-13(16-4-6-24-21-19(16)28-7-8-29-21)3-5-23-18-10-17(26-12-27-18)15-9-14(2)20(22)25-11-15/h4,6,9-13H,3,5,7-8H2,1-2H3,(H,23,26,27). The molecule has 0 radical (unpaired) electrons. The fourth-order valence-corrected chi connectivity index (χ4v) is 3.24. The van der Waals surface area contributed by atoms with Crippen molar-refractivity contribution < 1.29 is 13.9 Å². The fraction of sp³-hybridized carbons (Fsp3) is 0.333. The summed E-state index contributed by atoms with van der Waals surface area (Å²) < 4.78 is 24.7. The molecule has 3 aromatic rings. The average Bonchev–Trinajstić information content (AvgIpc) is 2.75. The summed E-state index contributed by atoms with van der Waals surface area (Å²) in [5, 5.41) is 3.33. The van der Waals surface area contributed by atoms with Crippen LogP contribution in [-0.2, 0) is 0 Å². The van der Waals surface area contributed by atoms with E-state index in [1.807, 2.05) is 12.1 Å². The van der Waals surface area contributed by atoms with Crippen molar-refractivity contribution in [1.82, 2.24) is 19.9 Å². The van der Waals surface area contributed by atoms with E-state index in [1.165, 1.54) is 12.5 Å². The lowest BCUT2D eigenvalue weighted by molar-refractivity contribution is 0.162. The van der Waals surface area contributed by atoms with Gasteiger partial charge < -0.3 is 14.8 Å². The minimum absolute atomic E-state index is 0.256. The summed E-state index contributed by atoms with van der Waals surface area (Å²) in [6.45, 7) is 5.61. The van der Waals surface area contributed by atoms with Crippen molar-refractivity contribution in [3.63, 3.8) is 0 Å². The maximum Gasteiger partial charge on any atom is 0.257 e. The number of hydrogen-bond donors (Lipinski definition) is 1. The number of rotatable bonds is 6. The van der Waals surface area contributed by atoms with Crippen LogP contribution in [0.25, 0.3) is 11.3 Å². The number of nitrogens with one attached hydrogen (secondary N) is 1. The van der Waals surface area contributed by atoms with Crippen LogP contribution < -0.4 is 14.8 Å². The van der Waals surface area contributed by atoms with E-state index in [4.69, 9.17) is 9.47 Å². The Labute approximate surface area is 168 Å². The van der Waals surface area contributed by atoms with E-state index in [0.29, 0.717) is 36.2 Å². The van der Waals surface area contributed by atoms with E-state index in [0.717, 1.165) is 29.8 Å². The number of hydrogen-bond acceptors (Lipinski definition) is 7. The molecule has 1 aliphatic rings. The molecule has 0 aliphatic carbocycles. The second-order valence-electron chi connectivity index (χ2n) is 6.97. The van der Waals surface area contributed by atoms with Gasteiger partial charge >= 0.3 is 0 Å². The Balaban J connectivity index is 1.40. The van der Waals surface area contributed by atoms with E-state index in [9.17, 15) is 4.39 Å². The molecule has 0 saturated carbocycles. The van der Waals surface area contributed by atoms with E-state index in [-0.39, 0.29) is 5.92 Å². The van der Waals surface area contributed by atoms with Gasteiger partial charge in [0.05, 0.1) is 5.69 Å². The molecule has 4 heterocycles. The van der Waals surface area contributed by atoms with Crippen molar-refractivity contribution in [3.8, 4) is 22.9 Å². The van der Waals surface area contributed by atoms with Gasteiger partial charge in [0.1, 0.15) is 25.4 Å². The van der Waals surface area contributed by atoms with Crippen LogP contribution in [-0.4, -0.2) is 39.7 Å². The van der Waals surface area contributed by atoms with Gasteiger partial charge in [0.2, 0.25) is 5.95 Å². The molecule has 0 spiro atoms. The smallest absolute Gasteiger partial charge is 0.257 e. The molecular weight excluding hydrogens is 373 g/mol. The maximum atomic E-state index is 13.4. The summed E-state index contributed by atoms with van der Waals surface area (Å²) in [6.07, 6.45) is 5.59. The molecule has 8 heteroatoms. The van der Waals surface area contributed by atoms with E-state index >= 15 is 0 Å². The highest BCUT2D eigenvalue weighted by molar-refractivity contribution is 5.61. The van der Waals surface area contributed by atoms with E-state index in [1.54, 1.807) is 19.2 Å². The Hall–Kier alpha value is -3.29. The number of halogens is 1. The quantitative estimate of drug-likeness (QED) is 0.637. The van der Waals surface area contributed by atoms with Crippen LogP contribution in [0.4, 0.5) is 10.2 Å². The van der Waals surface area contributed by atoms with Crippen molar-refractivity contribution in [2.24, 2.45) is 0 Å². The van der Waals surface area contributed by atoms with Gasteiger partial charge in [0, 0.05) is 41.7 Å². The van der Waals surface area contributed by atoms with Gasteiger partial charge in [-0.25, -0.2) is 19.9 Å². The lowest BCUT2D eigenvalue weighted by Gasteiger charge is -2.22. The minimum Gasteiger partial charge on any atom is -0.484 e. The van der Waals surface area contributed by atoms with Crippen molar-refractivity contribution in [2.75, 3.05) is 25.1 Å². The fourth-order valence-electron chi connectivity index (χ4n) is 3.24. The third-order valence-electron chi connectivity index (χ3n) is 4.86. The molecule has 0 fully saturated rings. The van der Waals surface area contributed by atoms with Gasteiger partial charge in [-0.1, -0.05) is 6.92 Å². The van der Waals surface area contributed by atoms with Gasteiger partial charge in [-0.2, -0.15) is 4.39 Å². The SMILES string of the molecule is Cc1cc(-c2cc(NCCC(C)c3ccnc4c3OCCO4)ncn2)cnc1F. The molecule has 4 rings (SSSR count). The maximum absolute atomic E-state index is 13.4. The highest BCUT2D eigenvalue weighted by Gasteiger charge is 2.20. The third-order valence-corrected chi connectivity index (χ3v) is 4.86. The molecular formula is C21H22FN5O2. The van der Waals surface area contributed by atoms with Crippen molar-refractivity contribution in [2.45, 2.75) is 26.2 Å². The molecule has 0 aromatic carbocycles. The molecule has 1 unspecified atom stereocenters. The van der Waals surface area contributed by atoms with Crippen LogP contribution in [0.15, 0.2) is 36.9 Å². The number of aryl methyl sites for hydroxylation is 1. The van der Waals surface area contributed by atoms with Crippen molar-refractivity contribution in [1.29, 1.82) is 0 Å². The Morgan fingerprint density at radius 2 is 2.00 bits per heavy atom. The first-order valence-electron chi connectivity index (χ1n) is 9.55. The second-order valence-corrected chi connectivity index (χ2v) is 6.97. The lowest BCUT2D eigenvalue weighted by atomic mass is 9.97. The Kier molecular flexibility index (Phi) is 5.50. The summed E-state index contributed by atoms with van der Waals surface area (Å²) in [5.41, 5.74) is 3.02. The van der Waals surface area contributed by atoms with Crippen LogP contribution in [0.1, 0.15) is 30.4 Å². The van der Waals surface area contributed by atoms with E-state index < -0.39 is 5.95 Å². The summed E-state index contributed by atoms with van der Waals surface area (Å²) in [4.78, 5) is 16.5. The van der Waals surface area contributed by atoms with Gasteiger partial charge in [0.15, 0.2) is 5.75 Å². The number of nitrogens with zero attached hydrogens (tertiary/aromatic N) is 4. The summed E-state index contributed by atoms with van der Waals surface area (Å²) >= 11 is 0. The zero-order valence-corrected chi connectivity index (χ0v) is 16.4. The van der Waals surface area contributed by atoms with Crippen LogP contribution in [0.3, 0.4) is 0 Å². The highest BCUT2D eigenvalue weighted by atomic mass is 19.1. The third kappa shape index (κ3) is 4.26. The van der Waals surface area contributed by atoms with Crippen LogP contribution >= 0.6 is 0 Å². The van der Waals surface area contributed by atoms with Gasteiger partial charge in [-0.3, -0.25) is 0 Å². The van der Waals surface area contributed by atoms with Crippen LogP contribution in [0.2, 0.25) is 0 Å². The topological polar surface area (TPSA) is 82.1 Å². The molecule has 1 aliphatic heterocycles. The molecule has 150 valence electrons. The normalized spacial score (nSPS) is 13.8. The van der Waals surface area contributed by atoms with Crippen molar-refractivity contribution >= 4 is 5.82 Å². The summed E-state index contributed by atoms with van der Waals surface area (Å²) in [6, 6.07) is 5.54. The molecule has 1 N–H and O–H groups in total. The molecule has 0 amide bonds. The zero-order valence-electron chi connectivity index (χ0n) is 16.4. The van der Waals surface area contributed by atoms with E-state index in [2.05, 4.69) is 32.2 Å². The molecule has 29 heavy (non-hydrogen) atoms. The summed E-state index contributed by atoms with van der Waals surface area (Å²) in [7, 11) is 0. The van der Waals surface area contributed by atoms with Gasteiger partial charge in [-0.15, -0.1) is 0 Å². The first-order chi connectivity index (χ1) is 14.1. The molecule has 1 atom stereocenters. The Morgan fingerprint density at radius 1 is 1.14 bits per heavy atom. The first-order valence-corrected chi connectivity index (χ1v) is 9.55. The lowest BCUT2D eigenvalue weighted by Crippen LogP contribution is -2.18. The number of pyridine rings is 2.